The number of hydrogen-bond acceptors (Lipinski definition) is 4. The van der Waals surface area contributed by atoms with Crippen LogP contribution in [0.2, 0.25) is 0 Å². The van der Waals surface area contributed by atoms with Gasteiger partial charge in [0.2, 0.25) is 0 Å². The number of phenolic OH excluding ortho intramolecular Hbond substituents is 1. The molecular weight excluding hydrogens is 224 g/mol. The lowest BCUT2D eigenvalue weighted by atomic mass is 10.0. The highest BCUT2D eigenvalue weighted by Gasteiger charge is 2.15. The van der Waals surface area contributed by atoms with E-state index in [4.69, 9.17) is 9.52 Å². The largest absolute Gasteiger partial charge is 0.504 e. The Morgan fingerprint density at radius 2 is 2.12 bits per heavy atom. The van der Waals surface area contributed by atoms with Crippen molar-refractivity contribution in [3.63, 3.8) is 0 Å². The Kier molecular flexibility index (Phi) is 2.59. The molecule has 5 nitrogen and oxygen atoms in total. The third-order valence-electron chi connectivity index (χ3n) is 2.62. The molecule has 0 aliphatic carbocycles. The van der Waals surface area contributed by atoms with Crippen molar-refractivity contribution in [2.24, 2.45) is 0 Å². The Labute approximate surface area is 95.9 Å². The van der Waals surface area contributed by atoms with Crippen LogP contribution in [0.1, 0.15) is 11.1 Å². The molecule has 0 saturated carbocycles. The summed E-state index contributed by atoms with van der Waals surface area (Å²) in [6.45, 7) is 1.64. The van der Waals surface area contributed by atoms with Crippen LogP contribution < -0.4 is 5.63 Å². The second-order valence-corrected chi connectivity index (χ2v) is 3.72. The van der Waals surface area contributed by atoms with E-state index >= 15 is 0 Å². The molecule has 5 heteroatoms. The van der Waals surface area contributed by atoms with Gasteiger partial charge in [0, 0.05) is 5.39 Å². The summed E-state index contributed by atoms with van der Waals surface area (Å²) in [5.41, 5.74) is -0.00631. The molecule has 0 spiro atoms. The number of aromatic hydroxyl groups is 1. The molecule has 2 N–H and O–H groups in total. The third kappa shape index (κ3) is 1.87. The van der Waals surface area contributed by atoms with Crippen LogP contribution in [-0.4, -0.2) is 16.2 Å². The highest BCUT2D eigenvalue weighted by Crippen LogP contribution is 2.26. The maximum absolute atomic E-state index is 11.6. The minimum Gasteiger partial charge on any atom is -0.504 e. The van der Waals surface area contributed by atoms with Gasteiger partial charge in [-0.3, -0.25) is 4.79 Å². The van der Waals surface area contributed by atoms with Crippen molar-refractivity contribution in [1.29, 1.82) is 0 Å². The average Bonchev–Trinajstić information content (AvgIpc) is 2.26. The molecule has 1 aromatic carbocycles. The molecule has 1 heterocycles. The molecule has 0 unspecified atom stereocenters. The maximum Gasteiger partial charge on any atom is 0.340 e. The van der Waals surface area contributed by atoms with Gasteiger partial charge in [-0.15, -0.1) is 0 Å². The Hall–Kier alpha value is -2.30. The van der Waals surface area contributed by atoms with Gasteiger partial charge in [0.05, 0.1) is 12.0 Å². The lowest BCUT2D eigenvalue weighted by Gasteiger charge is -2.06. The zero-order chi connectivity index (χ0) is 12.6. The summed E-state index contributed by atoms with van der Waals surface area (Å²) in [5, 5.41) is 18.8. The van der Waals surface area contributed by atoms with Crippen molar-refractivity contribution in [1.82, 2.24) is 0 Å². The molecule has 2 rings (SSSR count). The minimum absolute atomic E-state index is 0.0872. The molecule has 17 heavy (non-hydrogen) atoms. The Morgan fingerprint density at radius 1 is 1.41 bits per heavy atom. The fraction of sp³-hybridized carbons (Fsp3) is 0.167. The minimum atomic E-state index is -1.10. The fourth-order valence-corrected chi connectivity index (χ4v) is 1.75. The van der Waals surface area contributed by atoms with Crippen LogP contribution >= 0.6 is 0 Å². The highest BCUT2D eigenvalue weighted by molar-refractivity contribution is 5.86. The maximum atomic E-state index is 11.6. The number of fused-ring (bicyclic) bond motifs is 1. The van der Waals surface area contributed by atoms with E-state index in [-0.39, 0.29) is 23.3 Å². The summed E-state index contributed by atoms with van der Waals surface area (Å²) in [6.07, 6.45) is -0.389. The number of hydrogen-bond donors (Lipinski definition) is 2. The third-order valence-corrected chi connectivity index (χ3v) is 2.62. The van der Waals surface area contributed by atoms with Crippen LogP contribution in [0.3, 0.4) is 0 Å². The first-order valence-corrected chi connectivity index (χ1v) is 4.96. The van der Waals surface area contributed by atoms with Crippen molar-refractivity contribution in [3.05, 3.63) is 39.7 Å². The predicted molar refractivity (Wildman–Crippen MR) is 60.2 cm³/mol. The van der Waals surface area contributed by atoms with Crippen LogP contribution in [0.5, 0.6) is 5.75 Å². The van der Waals surface area contributed by atoms with E-state index in [9.17, 15) is 14.7 Å². The van der Waals surface area contributed by atoms with Gasteiger partial charge in [-0.05, 0) is 18.6 Å². The number of carbonyl (C=O) groups is 1. The average molecular weight is 234 g/mol. The van der Waals surface area contributed by atoms with Gasteiger partial charge in [-0.2, -0.15) is 0 Å². The van der Waals surface area contributed by atoms with Crippen LogP contribution in [0, 0.1) is 6.92 Å². The lowest BCUT2D eigenvalue weighted by Crippen LogP contribution is -2.14. The summed E-state index contributed by atoms with van der Waals surface area (Å²) >= 11 is 0. The van der Waals surface area contributed by atoms with E-state index in [1.807, 2.05) is 0 Å². The van der Waals surface area contributed by atoms with Gasteiger partial charge in [-0.1, -0.05) is 12.1 Å². The molecule has 0 atom stereocenters. The fourth-order valence-electron chi connectivity index (χ4n) is 1.75. The van der Waals surface area contributed by atoms with Crippen molar-refractivity contribution in [2.45, 2.75) is 13.3 Å². The summed E-state index contributed by atoms with van der Waals surface area (Å²) in [4.78, 5) is 22.2. The molecule has 0 amide bonds. The molecule has 0 aliphatic heterocycles. The van der Waals surface area contributed by atoms with Gasteiger partial charge in [0.15, 0.2) is 11.3 Å². The number of aryl methyl sites for hydroxylation is 1. The number of carboxylic acid groups (broad SMARTS) is 1. The van der Waals surface area contributed by atoms with Crippen LogP contribution in [0.4, 0.5) is 0 Å². The molecule has 2 aromatic rings. The van der Waals surface area contributed by atoms with Crippen LogP contribution in [0.25, 0.3) is 11.0 Å². The SMILES string of the molecule is Cc1c(CC(=O)O)c(=O)oc2c(O)cccc12. The Morgan fingerprint density at radius 3 is 2.76 bits per heavy atom. The summed E-state index contributed by atoms with van der Waals surface area (Å²) < 4.78 is 4.94. The van der Waals surface area contributed by atoms with Gasteiger partial charge >= 0.3 is 11.6 Å². The molecule has 1 aromatic heterocycles. The predicted octanol–water partition coefficient (Wildman–Crippen LogP) is 1.43. The number of aliphatic carboxylic acids is 1. The summed E-state index contributed by atoms with van der Waals surface area (Å²) in [6, 6.07) is 4.68. The van der Waals surface area contributed by atoms with Crippen LogP contribution in [0.15, 0.2) is 27.4 Å². The second kappa shape index (κ2) is 3.93. The van der Waals surface area contributed by atoms with E-state index < -0.39 is 11.6 Å². The van der Waals surface area contributed by atoms with Crippen molar-refractivity contribution in [2.75, 3.05) is 0 Å². The van der Waals surface area contributed by atoms with E-state index in [1.54, 1.807) is 19.1 Å². The smallest absolute Gasteiger partial charge is 0.340 e. The van der Waals surface area contributed by atoms with Crippen molar-refractivity contribution < 1.29 is 19.4 Å². The first-order chi connectivity index (χ1) is 8.00. The second-order valence-electron chi connectivity index (χ2n) is 3.72. The van der Waals surface area contributed by atoms with E-state index in [0.717, 1.165) is 0 Å². The summed E-state index contributed by atoms with van der Waals surface area (Å²) in [7, 11) is 0. The first kappa shape index (κ1) is 11.2. The summed E-state index contributed by atoms with van der Waals surface area (Å²) in [5.74, 6) is -1.23. The van der Waals surface area contributed by atoms with Gasteiger partial charge in [0.1, 0.15) is 0 Å². The zero-order valence-electron chi connectivity index (χ0n) is 9.06. The Balaban J connectivity index is 2.81. The van der Waals surface area contributed by atoms with Gasteiger partial charge in [0.25, 0.3) is 0 Å². The van der Waals surface area contributed by atoms with Gasteiger partial charge < -0.3 is 14.6 Å². The van der Waals surface area contributed by atoms with Crippen LogP contribution in [-0.2, 0) is 11.2 Å². The number of carboxylic acids is 1. The molecule has 0 fully saturated rings. The number of phenols is 1. The standard InChI is InChI=1S/C12H10O5/c1-6-7-3-2-4-9(13)11(7)17-12(16)8(6)5-10(14)15/h2-4,13H,5H2,1H3,(H,14,15). The first-order valence-electron chi connectivity index (χ1n) is 4.96. The normalized spacial score (nSPS) is 10.6. The number of rotatable bonds is 2. The zero-order valence-corrected chi connectivity index (χ0v) is 9.06. The van der Waals surface area contributed by atoms with Crippen molar-refractivity contribution in [3.8, 4) is 5.75 Å². The number of benzene rings is 1. The highest BCUT2D eigenvalue weighted by atomic mass is 16.4. The van der Waals surface area contributed by atoms with E-state index in [0.29, 0.717) is 10.9 Å². The Bertz CT molecular complexity index is 654. The molecular formula is C12H10O5. The molecule has 0 aliphatic rings. The van der Waals surface area contributed by atoms with E-state index in [1.165, 1.54) is 6.07 Å². The topological polar surface area (TPSA) is 87.7 Å². The van der Waals surface area contributed by atoms with E-state index in [2.05, 4.69) is 0 Å². The molecule has 0 radical (unpaired) electrons. The molecule has 0 saturated heterocycles. The molecule has 0 bridgehead atoms. The molecule has 88 valence electrons. The van der Waals surface area contributed by atoms with Gasteiger partial charge in [-0.25, -0.2) is 4.79 Å². The lowest BCUT2D eigenvalue weighted by molar-refractivity contribution is -0.136. The monoisotopic (exact) mass is 234 g/mol. The number of para-hydroxylation sites is 1. The quantitative estimate of drug-likeness (QED) is 0.767. The van der Waals surface area contributed by atoms with Crippen molar-refractivity contribution >= 4 is 16.9 Å².